The van der Waals surface area contributed by atoms with Crippen molar-refractivity contribution in [3.8, 4) is 0 Å². The number of ether oxygens (including phenoxy) is 1. The first-order valence-corrected chi connectivity index (χ1v) is 5.59. The minimum Gasteiger partial charge on any atom is -0.542 e. The van der Waals surface area contributed by atoms with Gasteiger partial charge in [0.1, 0.15) is 11.0 Å². The van der Waals surface area contributed by atoms with E-state index in [4.69, 9.17) is 4.74 Å². The van der Waals surface area contributed by atoms with Gasteiger partial charge in [0.25, 0.3) is 0 Å². The molecule has 0 saturated carbocycles. The van der Waals surface area contributed by atoms with Crippen LogP contribution in [0.15, 0.2) is 5.38 Å². The van der Waals surface area contributed by atoms with Gasteiger partial charge in [-0.2, -0.15) is 0 Å². The molecule has 0 radical (unpaired) electrons. The number of carboxylic acid groups (broad SMARTS) is 1. The summed E-state index contributed by atoms with van der Waals surface area (Å²) in [4.78, 5) is 16.7. The second kappa shape index (κ2) is 6.38. The molecular formula is C9H11LiN2O3S. The molecule has 1 aliphatic heterocycles. The number of carbonyl (C=O) groups excluding carboxylic acids is 1. The first-order valence-electron chi connectivity index (χ1n) is 4.71. The number of thiazole rings is 1. The van der Waals surface area contributed by atoms with E-state index in [1.54, 1.807) is 5.38 Å². The minimum atomic E-state index is -1.20. The Balaban J connectivity index is 0.00000128. The van der Waals surface area contributed by atoms with Gasteiger partial charge < -0.3 is 14.6 Å². The van der Waals surface area contributed by atoms with Crippen LogP contribution >= 0.6 is 11.3 Å². The molecule has 0 N–H and O–H groups in total. The number of carboxylic acids is 1. The Kier molecular flexibility index (Phi) is 5.45. The Morgan fingerprint density at radius 3 is 2.81 bits per heavy atom. The zero-order chi connectivity index (χ0) is 10.7. The van der Waals surface area contributed by atoms with Gasteiger partial charge in [-0.3, -0.25) is 4.90 Å². The van der Waals surface area contributed by atoms with E-state index in [1.165, 1.54) is 0 Å². The minimum absolute atomic E-state index is 0. The Labute approximate surface area is 110 Å². The Hall–Kier alpha value is -0.383. The summed E-state index contributed by atoms with van der Waals surface area (Å²) in [5.41, 5.74) is 0.793. The fourth-order valence-corrected chi connectivity index (χ4v) is 2.10. The van der Waals surface area contributed by atoms with Gasteiger partial charge in [-0.1, -0.05) is 0 Å². The molecule has 0 amide bonds. The zero-order valence-corrected chi connectivity index (χ0v) is 9.96. The maximum atomic E-state index is 10.5. The predicted octanol–water partition coefficient (Wildman–Crippen LogP) is -3.66. The molecule has 1 aromatic rings. The topological polar surface area (TPSA) is 65.5 Å². The number of aromatic nitrogens is 1. The molecule has 0 unspecified atom stereocenters. The molecule has 82 valence electrons. The monoisotopic (exact) mass is 234 g/mol. The van der Waals surface area contributed by atoms with Crippen molar-refractivity contribution in [2.45, 2.75) is 6.54 Å². The van der Waals surface area contributed by atoms with Gasteiger partial charge in [-0.25, -0.2) is 4.98 Å². The van der Waals surface area contributed by atoms with Gasteiger partial charge in [0, 0.05) is 25.0 Å². The van der Waals surface area contributed by atoms with E-state index in [2.05, 4.69) is 9.88 Å². The molecule has 0 bridgehead atoms. The fourth-order valence-electron chi connectivity index (χ4n) is 1.46. The van der Waals surface area contributed by atoms with Gasteiger partial charge >= 0.3 is 18.9 Å². The van der Waals surface area contributed by atoms with Crippen molar-refractivity contribution in [3.05, 3.63) is 16.1 Å². The molecule has 5 nitrogen and oxygen atoms in total. The van der Waals surface area contributed by atoms with E-state index in [9.17, 15) is 9.90 Å². The SMILES string of the molecule is O=C([O-])c1nc(CN2CCOCC2)cs1.[Li+]. The first-order chi connectivity index (χ1) is 7.25. The van der Waals surface area contributed by atoms with Crippen LogP contribution in [0.3, 0.4) is 0 Å². The van der Waals surface area contributed by atoms with Crippen molar-refractivity contribution in [1.29, 1.82) is 0 Å². The summed E-state index contributed by atoms with van der Waals surface area (Å²) in [5, 5.41) is 12.3. The quantitative estimate of drug-likeness (QED) is 0.504. The van der Waals surface area contributed by atoms with E-state index in [-0.39, 0.29) is 23.9 Å². The van der Waals surface area contributed by atoms with Crippen molar-refractivity contribution in [1.82, 2.24) is 9.88 Å². The van der Waals surface area contributed by atoms with Crippen molar-refractivity contribution in [2.75, 3.05) is 26.3 Å². The van der Waals surface area contributed by atoms with Crippen LogP contribution in [0.1, 0.15) is 15.5 Å². The summed E-state index contributed by atoms with van der Waals surface area (Å²) >= 11 is 1.12. The molecule has 1 saturated heterocycles. The van der Waals surface area contributed by atoms with Gasteiger partial charge in [-0.15, -0.1) is 11.3 Å². The molecule has 1 aliphatic rings. The van der Waals surface area contributed by atoms with Crippen LogP contribution in [0.4, 0.5) is 0 Å². The van der Waals surface area contributed by atoms with Crippen molar-refractivity contribution >= 4 is 17.3 Å². The summed E-state index contributed by atoms with van der Waals surface area (Å²) in [6, 6.07) is 0. The number of carbonyl (C=O) groups is 1. The van der Waals surface area contributed by atoms with E-state index in [0.717, 1.165) is 43.3 Å². The molecule has 2 rings (SSSR count). The second-order valence-corrected chi connectivity index (χ2v) is 4.18. The largest absolute Gasteiger partial charge is 1.00 e. The summed E-state index contributed by atoms with van der Waals surface area (Å²) in [6.45, 7) is 3.90. The summed E-state index contributed by atoms with van der Waals surface area (Å²) in [7, 11) is 0. The van der Waals surface area contributed by atoms with E-state index in [0.29, 0.717) is 6.54 Å². The number of aromatic carboxylic acids is 1. The number of nitrogens with zero attached hydrogens (tertiary/aromatic N) is 2. The van der Waals surface area contributed by atoms with Gasteiger partial charge in [0.15, 0.2) is 0 Å². The normalized spacial score (nSPS) is 16.8. The Morgan fingerprint density at radius 2 is 2.25 bits per heavy atom. The average Bonchev–Trinajstić information content (AvgIpc) is 2.68. The maximum Gasteiger partial charge on any atom is 1.00 e. The molecule has 16 heavy (non-hydrogen) atoms. The maximum absolute atomic E-state index is 10.5. The van der Waals surface area contributed by atoms with Gasteiger partial charge in [0.2, 0.25) is 0 Å². The van der Waals surface area contributed by atoms with E-state index < -0.39 is 5.97 Å². The second-order valence-electron chi connectivity index (χ2n) is 3.32. The van der Waals surface area contributed by atoms with Crippen molar-refractivity contribution in [2.24, 2.45) is 0 Å². The van der Waals surface area contributed by atoms with Crippen LogP contribution in [0.25, 0.3) is 0 Å². The van der Waals surface area contributed by atoms with Crippen molar-refractivity contribution < 1.29 is 33.5 Å². The Bertz CT molecular complexity index is 352. The van der Waals surface area contributed by atoms with Crippen LogP contribution in [0.5, 0.6) is 0 Å². The van der Waals surface area contributed by atoms with Crippen LogP contribution in [0, 0.1) is 0 Å². The summed E-state index contributed by atoms with van der Waals surface area (Å²) in [5.74, 6) is -1.20. The Morgan fingerprint density at radius 1 is 1.56 bits per heavy atom. The third-order valence-electron chi connectivity index (χ3n) is 2.22. The third kappa shape index (κ3) is 3.58. The fraction of sp³-hybridized carbons (Fsp3) is 0.556. The molecule has 1 aromatic heterocycles. The van der Waals surface area contributed by atoms with E-state index >= 15 is 0 Å². The van der Waals surface area contributed by atoms with Crippen molar-refractivity contribution in [3.63, 3.8) is 0 Å². The molecule has 1 fully saturated rings. The molecular weight excluding hydrogens is 223 g/mol. The number of rotatable bonds is 3. The molecule has 0 atom stereocenters. The molecule has 2 heterocycles. The molecule has 0 aromatic carbocycles. The van der Waals surface area contributed by atoms with E-state index in [1.807, 2.05) is 0 Å². The zero-order valence-electron chi connectivity index (χ0n) is 9.14. The van der Waals surface area contributed by atoms with Crippen LogP contribution in [-0.2, 0) is 11.3 Å². The standard InChI is InChI=1S/C9H12N2O3S.Li/c12-9(13)8-10-7(6-15-8)5-11-1-3-14-4-2-11;/h6H,1-5H2,(H,12,13);/q;+1/p-1. The smallest absolute Gasteiger partial charge is 0.542 e. The number of hydrogen-bond acceptors (Lipinski definition) is 6. The number of hydrogen-bond donors (Lipinski definition) is 0. The average molecular weight is 234 g/mol. The van der Waals surface area contributed by atoms with Crippen LogP contribution in [-0.4, -0.2) is 42.2 Å². The summed E-state index contributed by atoms with van der Waals surface area (Å²) < 4.78 is 5.22. The summed E-state index contributed by atoms with van der Waals surface area (Å²) in [6.07, 6.45) is 0. The van der Waals surface area contributed by atoms with Gasteiger partial charge in [-0.05, 0) is 0 Å². The van der Waals surface area contributed by atoms with Crippen LogP contribution in [0.2, 0.25) is 0 Å². The first kappa shape index (κ1) is 13.7. The third-order valence-corrected chi connectivity index (χ3v) is 3.09. The predicted molar refractivity (Wildman–Crippen MR) is 52.5 cm³/mol. The molecule has 7 heteroatoms. The van der Waals surface area contributed by atoms with Gasteiger partial charge in [0.05, 0.1) is 18.9 Å². The number of morpholine rings is 1. The molecule has 0 aliphatic carbocycles. The molecule has 0 spiro atoms. The van der Waals surface area contributed by atoms with Crippen LogP contribution < -0.4 is 24.0 Å².